The molecular formula is C18H24N2O3. The number of ether oxygens (including phenoxy) is 2. The Labute approximate surface area is 137 Å². The lowest BCUT2D eigenvalue weighted by molar-refractivity contribution is -0.123. The Morgan fingerprint density at radius 3 is 2.83 bits per heavy atom. The van der Waals surface area contributed by atoms with E-state index in [4.69, 9.17) is 9.47 Å². The molecule has 0 radical (unpaired) electrons. The largest absolute Gasteiger partial charge is 0.497 e. The number of carbonyl (C=O) groups excluding carboxylic acids is 1. The van der Waals surface area contributed by atoms with Crippen molar-refractivity contribution in [1.29, 1.82) is 0 Å². The second kappa shape index (κ2) is 6.22. The van der Waals surface area contributed by atoms with E-state index in [0.717, 1.165) is 17.7 Å². The third-order valence-corrected chi connectivity index (χ3v) is 5.43. The molecular weight excluding hydrogens is 292 g/mol. The Kier molecular flexibility index (Phi) is 4.28. The molecule has 0 saturated heterocycles. The fraction of sp³-hybridized carbons (Fsp3) is 0.556. The van der Waals surface area contributed by atoms with Gasteiger partial charge < -0.3 is 9.47 Å². The number of benzene rings is 1. The minimum Gasteiger partial charge on any atom is -0.497 e. The molecule has 1 amide bonds. The van der Waals surface area contributed by atoms with E-state index < -0.39 is 0 Å². The van der Waals surface area contributed by atoms with Crippen molar-refractivity contribution < 1.29 is 14.3 Å². The molecule has 0 heterocycles. The van der Waals surface area contributed by atoms with Gasteiger partial charge in [-0.15, -0.1) is 0 Å². The first-order chi connectivity index (χ1) is 11.1. The van der Waals surface area contributed by atoms with Crippen LogP contribution in [-0.4, -0.2) is 26.3 Å². The fourth-order valence-electron chi connectivity index (χ4n) is 4.03. The second-order valence-corrected chi connectivity index (χ2v) is 6.68. The van der Waals surface area contributed by atoms with Gasteiger partial charge in [-0.05, 0) is 42.4 Å². The van der Waals surface area contributed by atoms with Crippen LogP contribution in [-0.2, 0) is 4.79 Å². The molecule has 1 aromatic carbocycles. The number of hydrogen-bond acceptors (Lipinski definition) is 4. The van der Waals surface area contributed by atoms with E-state index in [2.05, 4.69) is 17.5 Å². The Hall–Kier alpha value is -2.04. The molecule has 2 aliphatic rings. The summed E-state index contributed by atoms with van der Waals surface area (Å²) in [5, 5.41) is 4.12. The average Bonchev–Trinajstić information content (AvgIpc) is 3.20. The van der Waals surface area contributed by atoms with E-state index >= 15 is 0 Å². The van der Waals surface area contributed by atoms with Crippen molar-refractivity contribution in [2.24, 2.45) is 22.4 Å². The van der Waals surface area contributed by atoms with Crippen LogP contribution >= 0.6 is 0 Å². The molecule has 0 unspecified atom stereocenters. The van der Waals surface area contributed by atoms with Crippen molar-refractivity contribution in [2.75, 3.05) is 14.2 Å². The highest BCUT2D eigenvalue weighted by atomic mass is 16.5. The van der Waals surface area contributed by atoms with Crippen LogP contribution in [0.15, 0.2) is 23.3 Å². The Morgan fingerprint density at radius 2 is 2.17 bits per heavy atom. The molecule has 23 heavy (non-hydrogen) atoms. The number of hydrogen-bond donors (Lipinski definition) is 1. The van der Waals surface area contributed by atoms with Crippen LogP contribution in [0, 0.1) is 17.3 Å². The minimum atomic E-state index is 0.0394. The van der Waals surface area contributed by atoms with Gasteiger partial charge in [0.2, 0.25) is 5.91 Å². The van der Waals surface area contributed by atoms with Gasteiger partial charge in [-0.1, -0.05) is 19.8 Å². The molecule has 5 nitrogen and oxygen atoms in total. The normalized spacial score (nSPS) is 29.0. The van der Waals surface area contributed by atoms with Gasteiger partial charge in [0.05, 0.1) is 20.4 Å². The van der Waals surface area contributed by atoms with Gasteiger partial charge in [-0.2, -0.15) is 5.10 Å². The number of hydrazone groups is 1. The number of nitrogens with zero attached hydrogens (tertiary/aromatic N) is 1. The highest BCUT2D eigenvalue weighted by Crippen LogP contribution is 2.66. The van der Waals surface area contributed by atoms with Crippen molar-refractivity contribution in [3.63, 3.8) is 0 Å². The molecule has 3 rings (SSSR count). The Morgan fingerprint density at radius 1 is 1.35 bits per heavy atom. The number of nitrogens with one attached hydrogen (secondary N) is 1. The summed E-state index contributed by atoms with van der Waals surface area (Å²) in [6, 6.07) is 5.47. The lowest BCUT2D eigenvalue weighted by atomic mass is 9.90. The predicted octanol–water partition coefficient (Wildman–Crippen LogP) is 2.98. The maximum atomic E-state index is 12.4. The summed E-state index contributed by atoms with van der Waals surface area (Å²) < 4.78 is 10.5. The van der Waals surface area contributed by atoms with Crippen molar-refractivity contribution >= 4 is 12.1 Å². The molecule has 0 aromatic heterocycles. The first-order valence-corrected chi connectivity index (χ1v) is 8.15. The minimum absolute atomic E-state index is 0.0394. The fourth-order valence-corrected chi connectivity index (χ4v) is 4.03. The van der Waals surface area contributed by atoms with Crippen LogP contribution in [0.4, 0.5) is 0 Å². The van der Waals surface area contributed by atoms with Crippen LogP contribution in [0.25, 0.3) is 0 Å². The molecule has 0 bridgehead atoms. The Bertz CT molecular complexity index is 629. The molecule has 0 spiro atoms. The third-order valence-electron chi connectivity index (χ3n) is 5.43. The highest BCUT2D eigenvalue weighted by molar-refractivity contribution is 5.87. The second-order valence-electron chi connectivity index (χ2n) is 6.68. The maximum absolute atomic E-state index is 12.4. The summed E-state index contributed by atoms with van der Waals surface area (Å²) in [4.78, 5) is 12.4. The quantitative estimate of drug-likeness (QED) is 0.671. The molecule has 1 aromatic rings. The molecule has 1 N–H and O–H groups in total. The third kappa shape index (κ3) is 2.92. The number of carbonyl (C=O) groups is 1. The average molecular weight is 316 g/mol. The number of rotatable bonds is 5. The topological polar surface area (TPSA) is 59.9 Å². The van der Waals surface area contributed by atoms with Crippen LogP contribution in [0.2, 0.25) is 0 Å². The van der Waals surface area contributed by atoms with E-state index in [-0.39, 0.29) is 17.2 Å². The lowest BCUT2D eigenvalue weighted by Crippen LogP contribution is -2.22. The van der Waals surface area contributed by atoms with Crippen LogP contribution in [0.1, 0.15) is 38.2 Å². The molecule has 3 atom stereocenters. The Balaban J connectivity index is 1.64. The molecule has 2 saturated carbocycles. The SMILES string of the molecule is COc1ccc(OC)c(/C=N/NC(=O)[C@H]2[C@@H]3CCCC[C@@]32C)c1. The summed E-state index contributed by atoms with van der Waals surface area (Å²) in [6.45, 7) is 2.23. The van der Waals surface area contributed by atoms with Gasteiger partial charge in [-0.25, -0.2) is 5.43 Å². The predicted molar refractivity (Wildman–Crippen MR) is 88.8 cm³/mol. The first kappa shape index (κ1) is 15.8. The van der Waals surface area contributed by atoms with Crippen molar-refractivity contribution in [1.82, 2.24) is 5.43 Å². The maximum Gasteiger partial charge on any atom is 0.244 e. The standard InChI is InChI=1S/C18H24N2O3/c1-18-9-5-4-6-14(18)16(18)17(21)20-19-11-12-10-13(22-2)7-8-15(12)23-3/h7-8,10-11,14,16H,4-6,9H2,1-3H3,(H,20,21)/b19-11+/t14-,16+,18-/m0/s1. The molecule has 0 aliphatic heterocycles. The number of fused-ring (bicyclic) bond motifs is 1. The van der Waals surface area contributed by atoms with E-state index in [1.807, 2.05) is 18.2 Å². The summed E-state index contributed by atoms with van der Waals surface area (Å²) in [5.74, 6) is 2.11. The van der Waals surface area contributed by atoms with Crippen LogP contribution in [0.5, 0.6) is 11.5 Å². The zero-order valence-electron chi connectivity index (χ0n) is 14.0. The smallest absolute Gasteiger partial charge is 0.244 e. The van der Waals surface area contributed by atoms with Gasteiger partial charge in [0.15, 0.2) is 0 Å². The summed E-state index contributed by atoms with van der Waals surface area (Å²) in [5.41, 5.74) is 3.67. The van der Waals surface area contributed by atoms with Gasteiger partial charge in [-0.3, -0.25) is 4.79 Å². The number of amides is 1. The van der Waals surface area contributed by atoms with E-state index in [9.17, 15) is 4.79 Å². The van der Waals surface area contributed by atoms with Crippen molar-refractivity contribution in [3.05, 3.63) is 23.8 Å². The van der Waals surface area contributed by atoms with Gasteiger partial charge in [0.1, 0.15) is 11.5 Å². The molecule has 124 valence electrons. The zero-order chi connectivity index (χ0) is 16.4. The summed E-state index contributed by atoms with van der Waals surface area (Å²) in [7, 11) is 3.22. The van der Waals surface area contributed by atoms with E-state index in [1.54, 1.807) is 20.4 Å². The highest BCUT2D eigenvalue weighted by Gasteiger charge is 2.64. The van der Waals surface area contributed by atoms with Crippen LogP contribution < -0.4 is 14.9 Å². The van der Waals surface area contributed by atoms with Gasteiger partial charge >= 0.3 is 0 Å². The summed E-state index contributed by atoms with van der Waals surface area (Å²) >= 11 is 0. The van der Waals surface area contributed by atoms with Crippen molar-refractivity contribution in [2.45, 2.75) is 32.6 Å². The molecule has 2 aliphatic carbocycles. The van der Waals surface area contributed by atoms with Gasteiger partial charge in [0, 0.05) is 11.5 Å². The van der Waals surface area contributed by atoms with Crippen molar-refractivity contribution in [3.8, 4) is 11.5 Å². The molecule has 5 heteroatoms. The summed E-state index contributed by atoms with van der Waals surface area (Å²) in [6.07, 6.45) is 6.41. The monoisotopic (exact) mass is 316 g/mol. The first-order valence-electron chi connectivity index (χ1n) is 8.15. The van der Waals surface area contributed by atoms with Crippen LogP contribution in [0.3, 0.4) is 0 Å². The molecule has 2 fully saturated rings. The lowest BCUT2D eigenvalue weighted by Gasteiger charge is -2.15. The van der Waals surface area contributed by atoms with E-state index in [0.29, 0.717) is 11.7 Å². The number of methoxy groups -OCH3 is 2. The van der Waals surface area contributed by atoms with Gasteiger partial charge in [0.25, 0.3) is 0 Å². The zero-order valence-corrected chi connectivity index (χ0v) is 14.0. The van der Waals surface area contributed by atoms with E-state index in [1.165, 1.54) is 19.3 Å².